The molecule has 20 heavy (non-hydrogen) atoms. The number of carbonyl (C=O) groups excluding carboxylic acids is 1. The summed E-state index contributed by atoms with van der Waals surface area (Å²) in [5.74, 6) is 0.195. The van der Waals surface area contributed by atoms with Crippen molar-refractivity contribution >= 4 is 21.8 Å². The maximum Gasteiger partial charge on any atom is 0.255 e. The number of aliphatic hydroxyl groups is 1. The Hall–Kier alpha value is -1.11. The average Bonchev–Trinajstić information content (AvgIpc) is 2.42. The summed E-state index contributed by atoms with van der Waals surface area (Å²) in [4.78, 5) is 12.1. The molecule has 0 aliphatic heterocycles. The van der Waals surface area contributed by atoms with Crippen molar-refractivity contribution in [2.45, 2.75) is 18.9 Å². The highest BCUT2D eigenvalue weighted by molar-refractivity contribution is 9.10. The molecule has 0 aliphatic carbocycles. The highest BCUT2D eigenvalue weighted by Gasteiger charge is 2.22. The molecule has 0 radical (unpaired) electrons. The number of methoxy groups -OCH3 is 2. The first-order chi connectivity index (χ1) is 9.39. The Balaban J connectivity index is 2.67. The van der Waals surface area contributed by atoms with Crippen LogP contribution in [-0.4, -0.2) is 44.0 Å². The largest absolute Gasteiger partial charge is 0.496 e. The van der Waals surface area contributed by atoms with E-state index in [9.17, 15) is 9.90 Å². The third-order valence-corrected chi connectivity index (χ3v) is 3.38. The molecule has 0 saturated heterocycles. The summed E-state index contributed by atoms with van der Waals surface area (Å²) in [6.07, 6.45) is 0.446. The number of hydrogen-bond donors (Lipinski definition) is 2. The Bertz CT molecular complexity index is 462. The standard InChI is InChI=1S/C14H20BrNO4/c1-14(18,6-7-19-2)9-16-13(17)11-5-4-10(15)8-12(11)20-3/h4-5,8,18H,6-7,9H2,1-3H3,(H,16,17). The van der Waals surface area contributed by atoms with Gasteiger partial charge in [0, 0.05) is 31.2 Å². The van der Waals surface area contributed by atoms with E-state index in [1.54, 1.807) is 32.2 Å². The molecule has 1 aromatic carbocycles. The minimum Gasteiger partial charge on any atom is -0.496 e. The molecule has 0 aliphatic rings. The third kappa shape index (κ3) is 5.11. The van der Waals surface area contributed by atoms with E-state index in [4.69, 9.17) is 9.47 Å². The van der Waals surface area contributed by atoms with Crippen molar-refractivity contribution in [2.24, 2.45) is 0 Å². The Morgan fingerprint density at radius 2 is 2.15 bits per heavy atom. The number of halogens is 1. The molecule has 5 nitrogen and oxygen atoms in total. The van der Waals surface area contributed by atoms with Crippen LogP contribution < -0.4 is 10.1 Å². The zero-order valence-corrected chi connectivity index (χ0v) is 13.5. The third-order valence-electron chi connectivity index (χ3n) is 2.88. The van der Waals surface area contributed by atoms with Crippen LogP contribution >= 0.6 is 15.9 Å². The second kappa shape index (κ2) is 7.61. The second-order valence-corrected chi connectivity index (χ2v) is 5.68. The lowest BCUT2D eigenvalue weighted by Crippen LogP contribution is -2.41. The fourth-order valence-corrected chi connectivity index (χ4v) is 1.97. The lowest BCUT2D eigenvalue weighted by atomic mass is 10.0. The molecular weight excluding hydrogens is 326 g/mol. The SMILES string of the molecule is COCCC(C)(O)CNC(=O)c1ccc(Br)cc1OC. The van der Waals surface area contributed by atoms with Gasteiger partial charge >= 0.3 is 0 Å². The van der Waals surface area contributed by atoms with Crippen molar-refractivity contribution in [1.29, 1.82) is 0 Å². The molecule has 2 N–H and O–H groups in total. The van der Waals surface area contributed by atoms with Gasteiger partial charge in [0.2, 0.25) is 0 Å². The number of hydrogen-bond acceptors (Lipinski definition) is 4. The molecule has 6 heteroatoms. The van der Waals surface area contributed by atoms with Gasteiger partial charge in [-0.2, -0.15) is 0 Å². The lowest BCUT2D eigenvalue weighted by molar-refractivity contribution is 0.0243. The van der Waals surface area contributed by atoms with Crippen LogP contribution in [0.4, 0.5) is 0 Å². The van der Waals surface area contributed by atoms with Gasteiger partial charge in [-0.05, 0) is 25.1 Å². The molecule has 1 unspecified atom stereocenters. The number of nitrogens with one attached hydrogen (secondary N) is 1. The van der Waals surface area contributed by atoms with E-state index in [0.717, 1.165) is 4.47 Å². The summed E-state index contributed by atoms with van der Waals surface area (Å²) in [5, 5.41) is 12.8. The van der Waals surface area contributed by atoms with Crippen LogP contribution in [-0.2, 0) is 4.74 Å². The van der Waals surface area contributed by atoms with Crippen molar-refractivity contribution in [3.8, 4) is 5.75 Å². The van der Waals surface area contributed by atoms with E-state index in [0.29, 0.717) is 24.3 Å². The van der Waals surface area contributed by atoms with Crippen LogP contribution in [0.25, 0.3) is 0 Å². The van der Waals surface area contributed by atoms with Crippen LogP contribution in [0.1, 0.15) is 23.7 Å². The molecule has 0 heterocycles. The van der Waals surface area contributed by atoms with Gasteiger partial charge in [0.05, 0.1) is 18.3 Å². The molecule has 0 fully saturated rings. The number of carbonyl (C=O) groups is 1. The summed E-state index contributed by atoms with van der Waals surface area (Å²) < 4.78 is 10.9. The zero-order chi connectivity index (χ0) is 15.2. The van der Waals surface area contributed by atoms with Gasteiger partial charge in [0.25, 0.3) is 5.91 Å². The van der Waals surface area contributed by atoms with E-state index >= 15 is 0 Å². The Morgan fingerprint density at radius 1 is 1.45 bits per heavy atom. The van der Waals surface area contributed by atoms with E-state index < -0.39 is 5.60 Å². The van der Waals surface area contributed by atoms with Crippen LogP contribution in [0, 0.1) is 0 Å². The van der Waals surface area contributed by atoms with Gasteiger partial charge in [-0.3, -0.25) is 4.79 Å². The topological polar surface area (TPSA) is 67.8 Å². The van der Waals surface area contributed by atoms with E-state index in [1.807, 2.05) is 0 Å². The molecule has 1 rings (SSSR count). The van der Waals surface area contributed by atoms with Crippen molar-refractivity contribution in [3.63, 3.8) is 0 Å². The average molecular weight is 346 g/mol. The van der Waals surface area contributed by atoms with E-state index in [1.165, 1.54) is 7.11 Å². The van der Waals surface area contributed by atoms with Gasteiger partial charge in [0.15, 0.2) is 0 Å². The molecule has 1 aromatic rings. The number of benzene rings is 1. The summed E-state index contributed by atoms with van der Waals surface area (Å²) in [7, 11) is 3.08. The minimum atomic E-state index is -1.01. The summed E-state index contributed by atoms with van der Waals surface area (Å²) in [5.41, 5.74) is -0.577. The number of ether oxygens (including phenoxy) is 2. The molecule has 0 spiro atoms. The van der Waals surface area contributed by atoms with Crippen molar-refractivity contribution in [3.05, 3.63) is 28.2 Å². The minimum absolute atomic E-state index is 0.147. The Labute approximate surface area is 127 Å². The van der Waals surface area contributed by atoms with Crippen LogP contribution in [0.3, 0.4) is 0 Å². The summed E-state index contributed by atoms with van der Waals surface area (Å²) in [6, 6.07) is 5.15. The Morgan fingerprint density at radius 3 is 2.75 bits per heavy atom. The fourth-order valence-electron chi connectivity index (χ4n) is 1.63. The highest BCUT2D eigenvalue weighted by atomic mass is 79.9. The first-order valence-electron chi connectivity index (χ1n) is 6.22. The predicted molar refractivity (Wildman–Crippen MR) is 80.1 cm³/mol. The monoisotopic (exact) mass is 345 g/mol. The van der Waals surface area contributed by atoms with Crippen LogP contribution in [0.15, 0.2) is 22.7 Å². The molecule has 0 aromatic heterocycles. The molecule has 112 valence electrons. The van der Waals surface area contributed by atoms with Crippen LogP contribution in [0.2, 0.25) is 0 Å². The normalized spacial score (nSPS) is 13.7. The van der Waals surface area contributed by atoms with Crippen molar-refractivity contribution in [2.75, 3.05) is 27.4 Å². The van der Waals surface area contributed by atoms with Gasteiger partial charge in [-0.1, -0.05) is 15.9 Å². The van der Waals surface area contributed by atoms with Gasteiger partial charge < -0.3 is 19.9 Å². The fraction of sp³-hybridized carbons (Fsp3) is 0.500. The van der Waals surface area contributed by atoms with Gasteiger partial charge in [0.1, 0.15) is 5.75 Å². The summed E-state index contributed by atoms with van der Waals surface area (Å²) >= 11 is 3.32. The molecule has 0 saturated carbocycles. The van der Waals surface area contributed by atoms with E-state index in [-0.39, 0.29) is 12.5 Å². The number of rotatable bonds is 7. The first-order valence-corrected chi connectivity index (χ1v) is 7.02. The van der Waals surface area contributed by atoms with Gasteiger partial charge in [-0.15, -0.1) is 0 Å². The molecular formula is C14H20BrNO4. The predicted octanol–water partition coefficient (Wildman–Crippen LogP) is 1.97. The van der Waals surface area contributed by atoms with Crippen LogP contribution in [0.5, 0.6) is 5.75 Å². The highest BCUT2D eigenvalue weighted by Crippen LogP contribution is 2.23. The van der Waals surface area contributed by atoms with Crippen molar-refractivity contribution < 1.29 is 19.4 Å². The van der Waals surface area contributed by atoms with E-state index in [2.05, 4.69) is 21.2 Å². The second-order valence-electron chi connectivity index (χ2n) is 4.77. The quantitative estimate of drug-likeness (QED) is 0.792. The summed E-state index contributed by atoms with van der Waals surface area (Å²) in [6.45, 7) is 2.24. The number of amides is 1. The zero-order valence-electron chi connectivity index (χ0n) is 11.9. The molecule has 1 atom stereocenters. The molecule has 1 amide bonds. The maximum absolute atomic E-state index is 12.1. The van der Waals surface area contributed by atoms with Gasteiger partial charge in [-0.25, -0.2) is 0 Å². The van der Waals surface area contributed by atoms with Crippen molar-refractivity contribution in [1.82, 2.24) is 5.32 Å². The smallest absolute Gasteiger partial charge is 0.255 e. The maximum atomic E-state index is 12.1. The molecule has 0 bridgehead atoms. The lowest BCUT2D eigenvalue weighted by Gasteiger charge is -2.23. The first kappa shape index (κ1) is 16.9. The Kier molecular flexibility index (Phi) is 6.45.